The Labute approximate surface area is 123 Å². The Morgan fingerprint density at radius 1 is 1.14 bits per heavy atom. The van der Waals surface area contributed by atoms with Gasteiger partial charge in [0, 0.05) is 19.5 Å². The van der Waals surface area contributed by atoms with E-state index in [-0.39, 0.29) is 11.9 Å². The quantitative estimate of drug-likeness (QED) is 0.847. The first-order valence-corrected chi connectivity index (χ1v) is 7.62. The first-order valence-electron chi connectivity index (χ1n) is 7.62. The average Bonchev–Trinajstić information content (AvgIpc) is 3.23. The van der Waals surface area contributed by atoms with E-state index in [9.17, 15) is 4.79 Å². The van der Waals surface area contributed by atoms with Crippen LogP contribution < -0.4 is 0 Å². The van der Waals surface area contributed by atoms with E-state index < -0.39 is 0 Å². The van der Waals surface area contributed by atoms with Gasteiger partial charge in [0.2, 0.25) is 5.82 Å². The van der Waals surface area contributed by atoms with Crippen molar-refractivity contribution < 1.29 is 4.79 Å². The highest BCUT2D eigenvalue weighted by Gasteiger charge is 2.30. The Hall–Kier alpha value is -2.17. The van der Waals surface area contributed by atoms with E-state index in [1.165, 1.54) is 5.56 Å². The van der Waals surface area contributed by atoms with Gasteiger partial charge >= 0.3 is 0 Å². The zero-order chi connectivity index (χ0) is 14.2. The van der Waals surface area contributed by atoms with E-state index in [0.717, 1.165) is 44.6 Å². The first-order chi connectivity index (χ1) is 10.3. The van der Waals surface area contributed by atoms with Crippen molar-refractivity contribution in [1.82, 2.24) is 19.7 Å². The summed E-state index contributed by atoms with van der Waals surface area (Å²) in [6, 6.07) is 10.5. The highest BCUT2D eigenvalue weighted by atomic mass is 16.2. The lowest BCUT2D eigenvalue weighted by atomic mass is 10.1. The van der Waals surface area contributed by atoms with Crippen molar-refractivity contribution in [1.29, 1.82) is 0 Å². The summed E-state index contributed by atoms with van der Waals surface area (Å²) < 4.78 is 1.94. The highest BCUT2D eigenvalue weighted by molar-refractivity contribution is 5.90. The molecule has 3 heterocycles. The minimum Gasteiger partial charge on any atom is -0.336 e. The van der Waals surface area contributed by atoms with Gasteiger partial charge in [0.25, 0.3) is 5.91 Å². The van der Waals surface area contributed by atoms with Crippen LogP contribution in [0.5, 0.6) is 0 Å². The predicted octanol–water partition coefficient (Wildman–Crippen LogP) is 2.05. The summed E-state index contributed by atoms with van der Waals surface area (Å²) in [4.78, 5) is 18.7. The van der Waals surface area contributed by atoms with E-state index in [4.69, 9.17) is 0 Å². The maximum Gasteiger partial charge on any atom is 0.293 e. The third-order valence-electron chi connectivity index (χ3n) is 4.41. The Morgan fingerprint density at radius 2 is 1.90 bits per heavy atom. The van der Waals surface area contributed by atoms with Crippen LogP contribution in [0.4, 0.5) is 0 Å². The van der Waals surface area contributed by atoms with E-state index in [1.54, 1.807) is 0 Å². The van der Waals surface area contributed by atoms with Crippen LogP contribution in [0.3, 0.4) is 0 Å². The first kappa shape index (κ1) is 12.6. The summed E-state index contributed by atoms with van der Waals surface area (Å²) in [6.07, 6.45) is 4.08. The number of likely N-dealkylation sites (tertiary alicyclic amines) is 1. The number of benzene rings is 1. The molecule has 1 atom stereocenters. The van der Waals surface area contributed by atoms with Gasteiger partial charge in [-0.05, 0) is 24.8 Å². The van der Waals surface area contributed by atoms with Gasteiger partial charge in [-0.3, -0.25) is 4.79 Å². The zero-order valence-corrected chi connectivity index (χ0v) is 11.9. The third kappa shape index (κ3) is 2.13. The molecule has 1 aromatic heterocycles. The lowest BCUT2D eigenvalue weighted by Gasteiger charge is -2.13. The minimum absolute atomic E-state index is 0.0128. The number of aryl methyl sites for hydroxylation is 1. The fraction of sp³-hybridized carbons (Fsp3) is 0.438. The van der Waals surface area contributed by atoms with Gasteiger partial charge in [0.15, 0.2) is 0 Å². The molecule has 2 aromatic rings. The minimum atomic E-state index is -0.0128. The van der Waals surface area contributed by atoms with Crippen LogP contribution in [0.1, 0.15) is 47.3 Å². The summed E-state index contributed by atoms with van der Waals surface area (Å²) in [7, 11) is 0. The Kier molecular flexibility index (Phi) is 2.98. The topological polar surface area (TPSA) is 51.0 Å². The second kappa shape index (κ2) is 4.98. The number of hydrogen-bond acceptors (Lipinski definition) is 3. The summed E-state index contributed by atoms with van der Waals surface area (Å²) >= 11 is 0. The van der Waals surface area contributed by atoms with E-state index in [1.807, 2.05) is 27.8 Å². The second-order valence-corrected chi connectivity index (χ2v) is 5.76. The Morgan fingerprint density at radius 3 is 2.67 bits per heavy atom. The molecule has 2 aliphatic rings. The number of carbonyl (C=O) groups is 1. The fourth-order valence-corrected chi connectivity index (χ4v) is 3.30. The molecule has 0 bridgehead atoms. The summed E-state index contributed by atoms with van der Waals surface area (Å²) in [6.45, 7) is 1.68. The molecule has 1 saturated heterocycles. The van der Waals surface area contributed by atoms with Crippen LogP contribution in [-0.2, 0) is 6.42 Å². The number of fused-ring (bicyclic) bond motifs is 1. The van der Waals surface area contributed by atoms with Crippen molar-refractivity contribution in [3.63, 3.8) is 0 Å². The molecule has 4 rings (SSSR count). The van der Waals surface area contributed by atoms with Gasteiger partial charge in [-0.25, -0.2) is 9.67 Å². The summed E-state index contributed by atoms with van der Waals surface area (Å²) in [5.41, 5.74) is 1.24. The molecule has 1 unspecified atom stereocenters. The van der Waals surface area contributed by atoms with Gasteiger partial charge in [0.1, 0.15) is 5.82 Å². The van der Waals surface area contributed by atoms with Crippen LogP contribution in [0.2, 0.25) is 0 Å². The number of amides is 1. The van der Waals surface area contributed by atoms with Crippen LogP contribution >= 0.6 is 0 Å². The van der Waals surface area contributed by atoms with Gasteiger partial charge in [-0.2, -0.15) is 0 Å². The molecule has 0 aliphatic carbocycles. The number of rotatable bonds is 2. The molecular weight excluding hydrogens is 264 g/mol. The van der Waals surface area contributed by atoms with Crippen molar-refractivity contribution in [2.24, 2.45) is 0 Å². The number of aromatic nitrogens is 3. The van der Waals surface area contributed by atoms with Crippen molar-refractivity contribution in [3.05, 3.63) is 47.5 Å². The van der Waals surface area contributed by atoms with Crippen molar-refractivity contribution in [2.45, 2.75) is 31.7 Å². The predicted molar refractivity (Wildman–Crippen MR) is 78.1 cm³/mol. The van der Waals surface area contributed by atoms with E-state index in [0.29, 0.717) is 5.82 Å². The Bertz CT molecular complexity index is 658. The van der Waals surface area contributed by atoms with E-state index in [2.05, 4.69) is 22.2 Å². The molecule has 5 heteroatoms. The lowest BCUT2D eigenvalue weighted by molar-refractivity contribution is 0.0780. The molecule has 0 spiro atoms. The standard InChI is InChI=1S/C16H18N4O/c21-16(19-10-4-5-11-19)15-17-14-9-8-13(20(14)18-15)12-6-2-1-3-7-12/h1-3,6-7,13H,4-5,8-11H2. The average molecular weight is 282 g/mol. The zero-order valence-electron chi connectivity index (χ0n) is 11.9. The molecule has 108 valence electrons. The van der Waals surface area contributed by atoms with Crippen molar-refractivity contribution in [2.75, 3.05) is 13.1 Å². The summed E-state index contributed by atoms with van der Waals surface area (Å²) in [5, 5.41) is 4.51. The monoisotopic (exact) mass is 282 g/mol. The van der Waals surface area contributed by atoms with E-state index >= 15 is 0 Å². The third-order valence-corrected chi connectivity index (χ3v) is 4.41. The lowest BCUT2D eigenvalue weighted by Crippen LogP contribution is -2.28. The molecule has 0 radical (unpaired) electrons. The molecule has 1 amide bonds. The Balaban J connectivity index is 1.63. The maximum atomic E-state index is 12.4. The smallest absolute Gasteiger partial charge is 0.293 e. The molecule has 2 aliphatic heterocycles. The molecule has 0 saturated carbocycles. The van der Waals surface area contributed by atoms with Crippen molar-refractivity contribution >= 4 is 5.91 Å². The van der Waals surface area contributed by atoms with Crippen LogP contribution in [0.25, 0.3) is 0 Å². The second-order valence-electron chi connectivity index (χ2n) is 5.76. The van der Waals surface area contributed by atoms with Crippen LogP contribution in [0.15, 0.2) is 30.3 Å². The molecule has 1 aromatic carbocycles. The molecule has 5 nitrogen and oxygen atoms in total. The number of nitrogens with zero attached hydrogens (tertiary/aromatic N) is 4. The SMILES string of the molecule is O=C(c1nc2n(n1)C(c1ccccc1)CC2)N1CCCC1. The van der Waals surface area contributed by atoms with Crippen LogP contribution in [0, 0.1) is 0 Å². The fourth-order valence-electron chi connectivity index (χ4n) is 3.30. The van der Waals surface area contributed by atoms with Gasteiger partial charge < -0.3 is 4.90 Å². The highest BCUT2D eigenvalue weighted by Crippen LogP contribution is 2.30. The normalized spacial score (nSPS) is 20.8. The molecule has 0 N–H and O–H groups in total. The molecule has 1 fully saturated rings. The van der Waals surface area contributed by atoms with Gasteiger partial charge in [0.05, 0.1) is 6.04 Å². The number of carbonyl (C=O) groups excluding carboxylic acids is 1. The molecular formula is C16H18N4O. The maximum absolute atomic E-state index is 12.4. The van der Waals surface area contributed by atoms with Gasteiger partial charge in [-0.1, -0.05) is 30.3 Å². The summed E-state index contributed by atoms with van der Waals surface area (Å²) in [5.74, 6) is 1.29. The number of hydrogen-bond donors (Lipinski definition) is 0. The molecule has 21 heavy (non-hydrogen) atoms. The largest absolute Gasteiger partial charge is 0.336 e. The van der Waals surface area contributed by atoms with Crippen molar-refractivity contribution in [3.8, 4) is 0 Å². The van der Waals surface area contributed by atoms with Crippen LogP contribution in [-0.4, -0.2) is 38.7 Å². The van der Waals surface area contributed by atoms with Gasteiger partial charge in [-0.15, -0.1) is 5.10 Å².